The van der Waals surface area contributed by atoms with E-state index in [4.69, 9.17) is 19.4 Å². The second-order valence-electron chi connectivity index (χ2n) is 11.2. The van der Waals surface area contributed by atoms with Crippen LogP contribution in [-0.2, 0) is 17.7 Å². The first-order valence-electron chi connectivity index (χ1n) is 14.7. The molecule has 0 spiro atoms. The van der Waals surface area contributed by atoms with E-state index in [0.29, 0.717) is 32.2 Å². The summed E-state index contributed by atoms with van der Waals surface area (Å²) in [5.74, 6) is 0.951. The lowest BCUT2D eigenvalue weighted by atomic mass is 10.0. The highest BCUT2D eigenvalue weighted by molar-refractivity contribution is 5.94. The number of ether oxygens (including phenoxy) is 2. The van der Waals surface area contributed by atoms with Crippen LogP contribution in [0.15, 0.2) is 54.7 Å². The standard InChI is InChI=1S/C32H39N7O2/c1-3-14-37-16-17-39(20-25(37)11-13-33)31-28-12-15-38(30-10-6-8-24-7-4-5-9-27(24)30)22-29(28)34-32(35-31)41-23-26-21-36(2)18-19-40-26/h3-10,14,25-26H,11-12,15-23H2,1-2H3/t25?,26-/m1/s1. The Bertz CT molecular complexity index is 1430. The zero-order valence-electron chi connectivity index (χ0n) is 24.1. The molecule has 0 N–H and O–H groups in total. The zero-order valence-corrected chi connectivity index (χ0v) is 24.1. The van der Waals surface area contributed by atoms with Gasteiger partial charge >= 0.3 is 6.01 Å². The van der Waals surface area contributed by atoms with E-state index in [0.717, 1.165) is 57.2 Å². The van der Waals surface area contributed by atoms with Crippen LogP contribution in [0, 0.1) is 11.3 Å². The predicted octanol–water partition coefficient (Wildman–Crippen LogP) is 3.84. The Labute approximate surface area is 242 Å². The minimum absolute atomic E-state index is 0.00611. The third-order valence-electron chi connectivity index (χ3n) is 8.37. The van der Waals surface area contributed by atoms with Gasteiger partial charge in [0.2, 0.25) is 0 Å². The van der Waals surface area contributed by atoms with Crippen LogP contribution in [0.2, 0.25) is 0 Å². The molecule has 3 aliphatic heterocycles. The van der Waals surface area contributed by atoms with Gasteiger partial charge in [0.25, 0.3) is 0 Å². The summed E-state index contributed by atoms with van der Waals surface area (Å²) >= 11 is 0. The highest BCUT2D eigenvalue weighted by Gasteiger charge is 2.31. The monoisotopic (exact) mass is 553 g/mol. The van der Waals surface area contributed by atoms with Crippen LogP contribution in [0.4, 0.5) is 11.5 Å². The second-order valence-corrected chi connectivity index (χ2v) is 11.2. The fraction of sp³-hybridized carbons (Fsp3) is 0.469. The van der Waals surface area contributed by atoms with Crippen molar-refractivity contribution in [2.45, 2.75) is 38.5 Å². The second kappa shape index (κ2) is 12.3. The van der Waals surface area contributed by atoms with Crippen LogP contribution < -0.4 is 14.5 Å². The van der Waals surface area contributed by atoms with Crippen molar-refractivity contribution in [1.82, 2.24) is 19.8 Å². The van der Waals surface area contributed by atoms with E-state index in [1.165, 1.54) is 22.0 Å². The molecule has 0 aliphatic carbocycles. The van der Waals surface area contributed by atoms with E-state index in [2.05, 4.69) is 81.4 Å². The number of benzene rings is 2. The lowest BCUT2D eigenvalue weighted by Gasteiger charge is -2.42. The van der Waals surface area contributed by atoms with Crippen LogP contribution in [0.1, 0.15) is 24.6 Å². The summed E-state index contributed by atoms with van der Waals surface area (Å²) in [5, 5.41) is 12.0. The van der Waals surface area contributed by atoms with Gasteiger partial charge in [-0.05, 0) is 38.0 Å². The largest absolute Gasteiger partial charge is 0.461 e. The van der Waals surface area contributed by atoms with Gasteiger partial charge in [0.15, 0.2) is 0 Å². The third kappa shape index (κ3) is 5.95. The molecule has 0 amide bonds. The number of rotatable bonds is 7. The summed E-state index contributed by atoms with van der Waals surface area (Å²) in [6.07, 6.45) is 5.47. The van der Waals surface area contributed by atoms with Gasteiger partial charge in [-0.2, -0.15) is 15.2 Å². The van der Waals surface area contributed by atoms with Gasteiger partial charge in [0.1, 0.15) is 18.5 Å². The van der Waals surface area contributed by atoms with Crippen molar-refractivity contribution in [3.05, 3.63) is 66.0 Å². The molecule has 2 fully saturated rings. The van der Waals surface area contributed by atoms with E-state index in [9.17, 15) is 5.26 Å². The van der Waals surface area contributed by atoms with Crippen molar-refractivity contribution in [2.24, 2.45) is 0 Å². The quantitative estimate of drug-likeness (QED) is 0.434. The number of hydrogen-bond donors (Lipinski definition) is 0. The van der Waals surface area contributed by atoms with E-state index in [1.807, 2.05) is 13.0 Å². The number of likely N-dealkylation sites (N-methyl/N-ethyl adjacent to an activating group) is 1. The Hall–Kier alpha value is -3.87. The number of aromatic nitrogens is 2. The maximum Gasteiger partial charge on any atom is 0.318 e. The minimum Gasteiger partial charge on any atom is -0.461 e. The van der Waals surface area contributed by atoms with Crippen LogP contribution in [-0.4, -0.2) is 91.4 Å². The van der Waals surface area contributed by atoms with E-state index in [1.54, 1.807) is 0 Å². The Morgan fingerprint density at radius 2 is 1.93 bits per heavy atom. The molecule has 0 saturated carbocycles. The first kappa shape index (κ1) is 27.3. The van der Waals surface area contributed by atoms with Crippen molar-refractivity contribution in [2.75, 3.05) is 69.3 Å². The number of hydrogen-bond acceptors (Lipinski definition) is 9. The maximum absolute atomic E-state index is 9.54. The minimum atomic E-state index is -0.00611. The molecule has 0 bridgehead atoms. The summed E-state index contributed by atoms with van der Waals surface area (Å²) < 4.78 is 12.2. The summed E-state index contributed by atoms with van der Waals surface area (Å²) in [4.78, 5) is 19.3. The topological polar surface area (TPSA) is 81.0 Å². The SMILES string of the molecule is CC=CN1CCN(c2nc(OC[C@H]3CN(C)CCO3)nc3c2CCN(c2cccc4ccccc24)C3)CC1CC#N. The molecule has 3 aliphatic rings. The third-order valence-corrected chi connectivity index (χ3v) is 8.37. The molecule has 0 radical (unpaired) electrons. The van der Waals surface area contributed by atoms with E-state index < -0.39 is 0 Å². The predicted molar refractivity (Wildman–Crippen MR) is 161 cm³/mol. The van der Waals surface area contributed by atoms with Gasteiger partial charge in [-0.1, -0.05) is 42.5 Å². The molecule has 2 atom stereocenters. The average Bonchev–Trinajstić information content (AvgIpc) is 3.00. The first-order valence-corrected chi connectivity index (χ1v) is 14.7. The van der Waals surface area contributed by atoms with Crippen LogP contribution >= 0.6 is 0 Å². The molecule has 2 aromatic carbocycles. The molecule has 2 saturated heterocycles. The Morgan fingerprint density at radius 3 is 2.78 bits per heavy atom. The molecule has 4 heterocycles. The highest BCUT2D eigenvalue weighted by Crippen LogP contribution is 2.34. The molecular weight excluding hydrogens is 514 g/mol. The first-order chi connectivity index (χ1) is 20.1. The summed E-state index contributed by atoms with van der Waals surface area (Å²) in [6, 6.07) is 18.0. The normalized spacial score (nSPS) is 21.7. The van der Waals surface area contributed by atoms with Gasteiger partial charge in [-0.3, -0.25) is 0 Å². The molecule has 9 nitrogen and oxygen atoms in total. The molecule has 41 heavy (non-hydrogen) atoms. The number of nitrogens with zero attached hydrogens (tertiary/aromatic N) is 7. The Balaban J connectivity index is 1.31. The van der Waals surface area contributed by atoms with Gasteiger partial charge in [0.05, 0.1) is 37.4 Å². The van der Waals surface area contributed by atoms with Gasteiger partial charge in [-0.15, -0.1) is 0 Å². The summed E-state index contributed by atoms with van der Waals surface area (Å²) in [6.45, 7) is 8.91. The van der Waals surface area contributed by atoms with Gasteiger partial charge < -0.3 is 29.1 Å². The zero-order chi connectivity index (χ0) is 28.2. The molecule has 214 valence electrons. The fourth-order valence-electron chi connectivity index (χ4n) is 6.28. The van der Waals surface area contributed by atoms with Crippen molar-refractivity contribution in [3.8, 4) is 12.1 Å². The Kier molecular flexibility index (Phi) is 8.21. The average molecular weight is 554 g/mol. The van der Waals surface area contributed by atoms with Crippen molar-refractivity contribution < 1.29 is 9.47 Å². The van der Waals surface area contributed by atoms with Gasteiger partial charge in [-0.25, -0.2) is 0 Å². The maximum atomic E-state index is 9.54. The van der Waals surface area contributed by atoms with Crippen molar-refractivity contribution in [1.29, 1.82) is 5.26 Å². The van der Waals surface area contributed by atoms with Crippen molar-refractivity contribution in [3.63, 3.8) is 0 Å². The number of piperazine rings is 1. The number of fused-ring (bicyclic) bond motifs is 2. The lowest BCUT2D eigenvalue weighted by Crippen LogP contribution is -2.51. The highest BCUT2D eigenvalue weighted by atomic mass is 16.5. The smallest absolute Gasteiger partial charge is 0.318 e. The van der Waals surface area contributed by atoms with Gasteiger partial charge in [0, 0.05) is 55.9 Å². The number of nitriles is 1. The summed E-state index contributed by atoms with van der Waals surface area (Å²) in [7, 11) is 2.11. The van der Waals surface area contributed by atoms with Crippen molar-refractivity contribution >= 4 is 22.3 Å². The molecule has 1 unspecified atom stereocenters. The summed E-state index contributed by atoms with van der Waals surface area (Å²) in [5.41, 5.74) is 3.43. The van der Waals surface area contributed by atoms with Crippen LogP contribution in [0.5, 0.6) is 6.01 Å². The molecule has 6 rings (SSSR count). The Morgan fingerprint density at radius 1 is 1.05 bits per heavy atom. The van der Waals surface area contributed by atoms with E-state index in [-0.39, 0.29) is 12.1 Å². The molecule has 9 heteroatoms. The van der Waals surface area contributed by atoms with E-state index >= 15 is 0 Å². The number of morpholine rings is 1. The van der Waals surface area contributed by atoms with Crippen LogP contribution in [0.25, 0.3) is 10.8 Å². The molecular formula is C32H39N7O2. The number of anilines is 2. The number of allylic oxidation sites excluding steroid dienone is 1. The fourth-order valence-corrected chi connectivity index (χ4v) is 6.28. The van der Waals surface area contributed by atoms with Crippen LogP contribution in [0.3, 0.4) is 0 Å². The lowest BCUT2D eigenvalue weighted by molar-refractivity contribution is -0.0417. The molecule has 1 aromatic heterocycles. The molecule has 3 aromatic rings.